The number of methoxy groups -OCH3 is 2. The number of aromatic amines is 1. The lowest BCUT2D eigenvalue weighted by Crippen LogP contribution is -2.43. The topological polar surface area (TPSA) is 220 Å². The number of ether oxygens (including phenoxy) is 6. The fourth-order valence-corrected chi connectivity index (χ4v) is 10.7. The van der Waals surface area contributed by atoms with Crippen molar-refractivity contribution in [2.24, 2.45) is 0 Å². The van der Waals surface area contributed by atoms with Crippen LogP contribution in [0.4, 0.5) is 10.2 Å². The Morgan fingerprint density at radius 1 is 0.769 bits per heavy atom. The smallest absolute Gasteiger partial charge is 0.351 e. The molecular weight excluding hydrogens is 1020 g/mol. The van der Waals surface area contributed by atoms with Gasteiger partial charge in [0.25, 0.3) is 5.56 Å². The van der Waals surface area contributed by atoms with E-state index in [-0.39, 0.29) is 43.8 Å². The molecule has 78 heavy (non-hydrogen) atoms. The molecule has 20 heteroatoms. The van der Waals surface area contributed by atoms with Gasteiger partial charge in [-0.05, 0) is 66.8 Å². The van der Waals surface area contributed by atoms with Crippen LogP contribution in [-0.2, 0) is 38.9 Å². The van der Waals surface area contributed by atoms with Gasteiger partial charge in [0, 0.05) is 43.0 Å². The number of benzene rings is 3. The van der Waals surface area contributed by atoms with E-state index in [1.165, 1.54) is 68.0 Å². The highest BCUT2D eigenvalue weighted by Gasteiger charge is 2.40. The number of hydrogen-bond acceptors (Lipinski definition) is 15. The number of esters is 2. The molecule has 0 aliphatic carbocycles. The number of aryl methyl sites for hydroxylation is 1. The van der Waals surface area contributed by atoms with Gasteiger partial charge in [-0.25, -0.2) is 18.8 Å². The first-order chi connectivity index (χ1) is 37.8. The molecule has 2 aromatic heterocycles. The zero-order chi connectivity index (χ0) is 55.4. The third-order valence-electron chi connectivity index (χ3n) is 14.1. The minimum Gasteiger partial charge on any atom is -0.497 e. The lowest BCUT2D eigenvalue weighted by atomic mass is 9.77. The van der Waals surface area contributed by atoms with Crippen molar-refractivity contribution in [3.05, 3.63) is 151 Å². The number of halogens is 1. The molecule has 5 aromatic rings. The SMILES string of the molecule is CCCCCCCCCCCCCC(=O)N[C@@H](CCC(=O)OC[C@H]1O[C@@H](n2cc(C)c(=O)[nH]c2=O)C[C@@H]1F)C(=O)OC[C@@H]1O[C@H](n2ccc(NC(c3ccccc3)(c3ccc(OC)cc3)c3ccc(OC)cc3)nc2=O)CS1. The third-order valence-corrected chi connectivity index (χ3v) is 15.2. The van der Waals surface area contributed by atoms with Crippen molar-refractivity contribution >= 4 is 35.4 Å². The Morgan fingerprint density at radius 3 is 2.00 bits per heavy atom. The summed E-state index contributed by atoms with van der Waals surface area (Å²) in [6.45, 7) is 3.02. The quantitative estimate of drug-likeness (QED) is 0.0222. The number of rotatable bonds is 30. The maximum absolute atomic E-state index is 15.1. The van der Waals surface area contributed by atoms with E-state index in [0.29, 0.717) is 29.5 Å². The maximum Gasteiger partial charge on any atom is 0.351 e. The third kappa shape index (κ3) is 15.9. The minimum atomic E-state index is -1.58. The predicted molar refractivity (Wildman–Crippen MR) is 294 cm³/mol. The summed E-state index contributed by atoms with van der Waals surface area (Å²) in [5.74, 6) is 0.0531. The van der Waals surface area contributed by atoms with Gasteiger partial charge in [0.15, 0.2) is 0 Å². The Morgan fingerprint density at radius 2 is 1.38 bits per heavy atom. The van der Waals surface area contributed by atoms with Crippen molar-refractivity contribution in [1.29, 1.82) is 0 Å². The molecule has 0 bridgehead atoms. The average molecular weight is 1100 g/mol. The number of aromatic nitrogens is 4. The maximum atomic E-state index is 15.1. The summed E-state index contributed by atoms with van der Waals surface area (Å²) in [6.07, 6.45) is 10.0. The van der Waals surface area contributed by atoms with Crippen LogP contribution in [0.3, 0.4) is 0 Å². The van der Waals surface area contributed by atoms with Gasteiger partial charge in [-0.3, -0.25) is 28.5 Å². The number of H-pyrrole nitrogens is 1. The second-order valence-electron chi connectivity index (χ2n) is 19.7. The summed E-state index contributed by atoms with van der Waals surface area (Å²) in [5, 5.41) is 6.36. The highest BCUT2D eigenvalue weighted by molar-refractivity contribution is 8.00. The van der Waals surface area contributed by atoms with Crippen molar-refractivity contribution in [3.8, 4) is 11.5 Å². The molecule has 2 aliphatic heterocycles. The number of carbonyl (C=O) groups excluding carboxylic acids is 3. The molecule has 0 spiro atoms. The molecule has 2 aliphatic rings. The minimum absolute atomic E-state index is 0.174. The van der Waals surface area contributed by atoms with Crippen molar-refractivity contribution in [3.63, 3.8) is 0 Å². The number of thioether (sulfide) groups is 1. The lowest BCUT2D eigenvalue weighted by Gasteiger charge is -2.37. The largest absolute Gasteiger partial charge is 0.497 e. The molecule has 2 saturated heterocycles. The zero-order valence-electron chi connectivity index (χ0n) is 45.0. The Bertz CT molecular complexity index is 2850. The fourth-order valence-electron chi connectivity index (χ4n) is 9.69. The van der Waals surface area contributed by atoms with E-state index in [2.05, 4.69) is 27.5 Å². The van der Waals surface area contributed by atoms with Gasteiger partial charge in [-0.15, -0.1) is 11.8 Å². The molecule has 1 amide bonds. The molecule has 6 atom stereocenters. The number of nitrogens with zero attached hydrogens (tertiary/aromatic N) is 3. The van der Waals surface area contributed by atoms with Gasteiger partial charge in [-0.2, -0.15) is 4.98 Å². The van der Waals surface area contributed by atoms with Crippen LogP contribution in [-0.4, -0.2) is 93.9 Å². The molecule has 2 fully saturated rings. The first-order valence-corrected chi connectivity index (χ1v) is 28.1. The number of carbonyl (C=O) groups is 3. The summed E-state index contributed by atoms with van der Waals surface area (Å²) >= 11 is 1.33. The molecule has 7 rings (SSSR count). The van der Waals surface area contributed by atoms with Crippen molar-refractivity contribution in [2.45, 2.75) is 152 Å². The number of unbranched alkanes of at least 4 members (excludes halogenated alkanes) is 10. The molecule has 3 N–H and O–H groups in total. The van der Waals surface area contributed by atoms with Crippen molar-refractivity contribution < 1.29 is 47.2 Å². The van der Waals surface area contributed by atoms with Crippen LogP contribution in [0.15, 0.2) is 112 Å². The van der Waals surface area contributed by atoms with Crippen LogP contribution in [0.1, 0.15) is 138 Å². The molecule has 0 unspecified atom stereocenters. The van der Waals surface area contributed by atoms with Crippen LogP contribution in [0.25, 0.3) is 0 Å². The summed E-state index contributed by atoms with van der Waals surface area (Å²) in [5.41, 5.74) is -0.792. The number of alkyl halides is 1. The Hall–Kier alpha value is -6.77. The number of hydrogen-bond donors (Lipinski definition) is 3. The molecule has 0 saturated carbocycles. The lowest BCUT2D eigenvalue weighted by molar-refractivity contribution is -0.153. The number of amides is 1. The van der Waals surface area contributed by atoms with Gasteiger partial charge < -0.3 is 39.1 Å². The van der Waals surface area contributed by atoms with E-state index in [4.69, 9.17) is 28.4 Å². The molecule has 420 valence electrons. The van der Waals surface area contributed by atoms with Crippen LogP contribution < -0.4 is 37.0 Å². The number of nitrogens with one attached hydrogen (secondary N) is 3. The van der Waals surface area contributed by atoms with Gasteiger partial charge in [-0.1, -0.05) is 126 Å². The first-order valence-electron chi connectivity index (χ1n) is 27.0. The Balaban J connectivity index is 0.963. The standard InChI is InChI=1S/C58H73FN6O12S/c1-5-6-7-8-9-10-11-12-13-14-18-21-49(66)60-46(30-31-52(67)74-36-47-45(59)34-50(76-47)65-35-39(2)54(68)62-57(65)71)55(69)75-37-53-77-51(38-78-53)64-33-32-48(61-56(64)70)63-58(40-19-16-15-17-20-40,41-22-26-43(72-3)27-23-41)42-24-28-44(73-4)29-25-42/h15-17,19-20,22-29,32-33,35,45-47,50-51,53H,5-14,18,21,30-31,34,36-38H2,1-4H3,(H,60,66)(H,61,63,70)(H,62,68,71)/t45-,46-,47+,50+,51-,53+/m0/s1. The molecular formula is C58H73FN6O12S. The second kappa shape index (κ2) is 29.3. The van der Waals surface area contributed by atoms with Gasteiger partial charge in [0.2, 0.25) is 5.91 Å². The first kappa shape index (κ1) is 58.9. The van der Waals surface area contributed by atoms with Crippen LogP contribution in [0.5, 0.6) is 11.5 Å². The van der Waals surface area contributed by atoms with Crippen molar-refractivity contribution in [2.75, 3.05) is 38.5 Å². The number of anilines is 1. The van der Waals surface area contributed by atoms with Crippen LogP contribution >= 0.6 is 11.8 Å². The Labute approximate surface area is 458 Å². The summed E-state index contributed by atoms with van der Waals surface area (Å²) in [6, 6.07) is 25.6. The van der Waals surface area contributed by atoms with E-state index in [0.717, 1.165) is 46.9 Å². The van der Waals surface area contributed by atoms with Gasteiger partial charge >= 0.3 is 23.3 Å². The van der Waals surface area contributed by atoms with Crippen LogP contribution in [0, 0.1) is 6.92 Å². The van der Waals surface area contributed by atoms with E-state index >= 15 is 4.39 Å². The van der Waals surface area contributed by atoms with E-state index in [1.807, 2.05) is 78.9 Å². The van der Waals surface area contributed by atoms with Gasteiger partial charge in [0.1, 0.15) is 72.3 Å². The molecule has 18 nitrogen and oxygen atoms in total. The van der Waals surface area contributed by atoms with E-state index < -0.39 is 77.2 Å². The van der Waals surface area contributed by atoms with E-state index in [1.54, 1.807) is 26.5 Å². The van der Waals surface area contributed by atoms with Crippen LogP contribution in [0.2, 0.25) is 0 Å². The summed E-state index contributed by atoms with van der Waals surface area (Å²) in [4.78, 5) is 84.9. The molecule has 3 aromatic carbocycles. The van der Waals surface area contributed by atoms with Gasteiger partial charge in [0.05, 0.1) is 14.2 Å². The highest BCUT2D eigenvalue weighted by Crippen LogP contribution is 2.41. The summed E-state index contributed by atoms with van der Waals surface area (Å²) < 4.78 is 51.5. The molecule has 0 radical (unpaired) electrons. The highest BCUT2D eigenvalue weighted by atomic mass is 32.2. The fraction of sp³-hybridized carbons (Fsp3) is 0.500. The predicted octanol–water partition coefficient (Wildman–Crippen LogP) is 8.79. The zero-order valence-corrected chi connectivity index (χ0v) is 45.8. The monoisotopic (exact) mass is 1100 g/mol. The normalized spacial score (nSPS) is 18.5. The average Bonchev–Trinajstić information content (AvgIpc) is 4.20. The summed E-state index contributed by atoms with van der Waals surface area (Å²) in [7, 11) is 3.21. The van der Waals surface area contributed by atoms with Crippen molar-refractivity contribution in [1.82, 2.24) is 24.4 Å². The van der Waals surface area contributed by atoms with E-state index in [9.17, 15) is 28.8 Å². The molecule has 4 heterocycles. The Kier molecular flexibility index (Phi) is 22.1. The second-order valence-corrected chi connectivity index (χ2v) is 20.9.